The second kappa shape index (κ2) is 9.02. The van der Waals surface area contributed by atoms with Crippen molar-refractivity contribution in [2.24, 2.45) is 0 Å². The van der Waals surface area contributed by atoms with Crippen LogP contribution in [-0.2, 0) is 6.54 Å². The predicted molar refractivity (Wildman–Crippen MR) is 122 cm³/mol. The minimum Gasteiger partial charge on any atom is -0.338 e. The summed E-state index contributed by atoms with van der Waals surface area (Å²) in [5, 5.41) is 14.7. The summed E-state index contributed by atoms with van der Waals surface area (Å²) in [6.45, 7) is 6.94. The maximum Gasteiger partial charge on any atom is 0.264 e. The first-order chi connectivity index (χ1) is 16.5. The van der Waals surface area contributed by atoms with Gasteiger partial charge in [0.15, 0.2) is 5.82 Å². The number of H-pyrrole nitrogens is 1. The van der Waals surface area contributed by atoms with Crippen LogP contribution in [0.3, 0.4) is 0 Å². The number of amides is 1. The van der Waals surface area contributed by atoms with Crippen LogP contribution in [0, 0.1) is 13.8 Å². The van der Waals surface area contributed by atoms with Gasteiger partial charge in [-0.3, -0.25) is 14.5 Å². The highest BCUT2D eigenvalue weighted by Crippen LogP contribution is 2.19. The lowest BCUT2D eigenvalue weighted by atomic mass is 10.1. The molecule has 4 aromatic rings. The van der Waals surface area contributed by atoms with Gasteiger partial charge in [-0.15, -0.1) is 0 Å². The molecule has 0 saturated carbocycles. The van der Waals surface area contributed by atoms with Gasteiger partial charge < -0.3 is 9.42 Å². The lowest BCUT2D eigenvalue weighted by molar-refractivity contribution is 0.0614. The monoisotopic (exact) mass is 460 g/mol. The molecule has 1 saturated heterocycles. The molecule has 1 aromatic carbocycles. The number of piperazine rings is 1. The summed E-state index contributed by atoms with van der Waals surface area (Å²) in [6.07, 6.45) is 1.54. The van der Waals surface area contributed by atoms with Crippen molar-refractivity contribution < 1.29 is 9.32 Å². The molecular formula is C23H24N8O3. The molecule has 1 aliphatic heterocycles. The van der Waals surface area contributed by atoms with Crippen molar-refractivity contribution in [3.63, 3.8) is 0 Å². The molecule has 5 rings (SSSR count). The maximum absolute atomic E-state index is 13.1. The van der Waals surface area contributed by atoms with Gasteiger partial charge in [0.05, 0.1) is 24.0 Å². The van der Waals surface area contributed by atoms with Gasteiger partial charge in [-0.25, -0.2) is 9.78 Å². The van der Waals surface area contributed by atoms with Crippen LogP contribution in [0.15, 0.2) is 51.9 Å². The Morgan fingerprint density at radius 3 is 2.53 bits per heavy atom. The van der Waals surface area contributed by atoms with E-state index in [2.05, 4.69) is 30.3 Å². The largest absolute Gasteiger partial charge is 0.338 e. The molecule has 34 heavy (non-hydrogen) atoms. The Hall–Kier alpha value is -4.12. The zero-order valence-electron chi connectivity index (χ0n) is 18.9. The molecule has 174 valence electrons. The summed E-state index contributed by atoms with van der Waals surface area (Å²) in [4.78, 5) is 32.9. The van der Waals surface area contributed by atoms with E-state index in [1.807, 2.05) is 43.0 Å². The number of hydrogen-bond donors (Lipinski definition) is 1. The summed E-state index contributed by atoms with van der Waals surface area (Å²) >= 11 is 0. The number of nitrogens with zero attached hydrogens (tertiary/aromatic N) is 7. The molecule has 0 atom stereocenters. The third-order valence-corrected chi connectivity index (χ3v) is 5.92. The molecule has 4 heterocycles. The Morgan fingerprint density at radius 1 is 1.06 bits per heavy atom. The molecule has 0 aliphatic carbocycles. The molecule has 1 aliphatic rings. The lowest BCUT2D eigenvalue weighted by Crippen LogP contribution is -2.48. The van der Waals surface area contributed by atoms with E-state index < -0.39 is 0 Å². The molecule has 11 nitrogen and oxygen atoms in total. The van der Waals surface area contributed by atoms with Crippen LogP contribution in [0.1, 0.15) is 27.5 Å². The van der Waals surface area contributed by atoms with E-state index in [4.69, 9.17) is 4.52 Å². The molecule has 3 aromatic heterocycles. The number of carbonyl (C=O) groups is 1. The lowest BCUT2D eigenvalue weighted by Gasteiger charge is -2.33. The maximum atomic E-state index is 13.1. The molecule has 1 N–H and O–H groups in total. The van der Waals surface area contributed by atoms with Crippen LogP contribution in [-0.4, -0.2) is 72.0 Å². The first kappa shape index (κ1) is 21.7. The highest BCUT2D eigenvalue weighted by atomic mass is 16.5. The highest BCUT2D eigenvalue weighted by molar-refractivity contribution is 5.95. The molecule has 1 fully saturated rings. The first-order valence-electron chi connectivity index (χ1n) is 11.0. The predicted octanol–water partition coefficient (Wildman–Crippen LogP) is 1.58. The molecule has 0 spiro atoms. The fourth-order valence-corrected chi connectivity index (χ4v) is 3.92. The van der Waals surface area contributed by atoms with Gasteiger partial charge in [-0.2, -0.15) is 15.2 Å². The third kappa shape index (κ3) is 4.37. The molecule has 0 unspecified atom stereocenters. The first-order valence-corrected chi connectivity index (χ1v) is 11.0. The normalized spacial score (nSPS) is 14.5. The molecule has 0 bridgehead atoms. The van der Waals surface area contributed by atoms with E-state index in [-0.39, 0.29) is 11.5 Å². The topological polar surface area (TPSA) is 126 Å². The van der Waals surface area contributed by atoms with Crippen LogP contribution in [0.5, 0.6) is 0 Å². The average Bonchev–Trinajstić information content (AvgIpc) is 3.47. The van der Waals surface area contributed by atoms with Crippen molar-refractivity contribution in [1.29, 1.82) is 0 Å². The number of carbonyl (C=O) groups excluding carboxylic acids is 1. The third-order valence-electron chi connectivity index (χ3n) is 5.92. The number of aromatic nitrogens is 6. The minimum absolute atomic E-state index is 0.0766. The number of benzene rings is 1. The summed E-state index contributed by atoms with van der Waals surface area (Å²) in [6, 6.07) is 10.9. The number of hydrogen-bond acceptors (Lipinski definition) is 8. The molecule has 1 amide bonds. The summed E-state index contributed by atoms with van der Waals surface area (Å²) in [5.74, 6) is 1.51. The van der Waals surface area contributed by atoms with Crippen LogP contribution < -0.4 is 5.56 Å². The Kier molecular flexibility index (Phi) is 5.76. The van der Waals surface area contributed by atoms with Crippen molar-refractivity contribution in [1.82, 2.24) is 39.9 Å². The van der Waals surface area contributed by atoms with Crippen molar-refractivity contribution in [2.45, 2.75) is 20.4 Å². The van der Waals surface area contributed by atoms with Crippen molar-refractivity contribution in [3.05, 3.63) is 75.7 Å². The van der Waals surface area contributed by atoms with Gasteiger partial charge in [0, 0.05) is 37.8 Å². The van der Waals surface area contributed by atoms with Crippen molar-refractivity contribution >= 4 is 5.91 Å². The van der Waals surface area contributed by atoms with Gasteiger partial charge in [0.1, 0.15) is 0 Å². The highest BCUT2D eigenvalue weighted by Gasteiger charge is 2.26. The van der Waals surface area contributed by atoms with Crippen LogP contribution in [0.4, 0.5) is 0 Å². The van der Waals surface area contributed by atoms with Crippen molar-refractivity contribution in [2.75, 3.05) is 26.2 Å². The Labute approximate surface area is 195 Å². The van der Waals surface area contributed by atoms with Gasteiger partial charge in [-0.05, 0) is 19.9 Å². The van der Waals surface area contributed by atoms with E-state index in [0.29, 0.717) is 61.5 Å². The van der Waals surface area contributed by atoms with Crippen LogP contribution in [0.25, 0.3) is 17.2 Å². The molecular weight excluding hydrogens is 436 g/mol. The zero-order valence-corrected chi connectivity index (χ0v) is 18.9. The second-order valence-electron chi connectivity index (χ2n) is 8.28. The summed E-state index contributed by atoms with van der Waals surface area (Å²) < 4.78 is 6.98. The fraction of sp³-hybridized carbons (Fsp3) is 0.304. The van der Waals surface area contributed by atoms with E-state index in [0.717, 1.165) is 5.56 Å². The summed E-state index contributed by atoms with van der Waals surface area (Å²) in [5.41, 5.74) is 2.98. The Morgan fingerprint density at radius 2 is 1.82 bits per heavy atom. The average molecular weight is 460 g/mol. The van der Waals surface area contributed by atoms with Gasteiger partial charge in [0.2, 0.25) is 11.7 Å². The zero-order chi connectivity index (χ0) is 23.7. The standard InChI is InChI=1S/C23H24N8O3/c1-15-3-5-17(6-4-15)22-25-21(34-28-22)14-29-9-11-30(12-10-29)23(33)18-13-24-31(16(18)2)19-7-8-20(32)27-26-19/h3-8,13H,9-12,14H2,1-2H3,(H,27,32). The number of aryl methyl sites for hydroxylation is 1. The Balaban J connectivity index is 1.20. The van der Waals surface area contributed by atoms with Crippen LogP contribution >= 0.6 is 0 Å². The van der Waals surface area contributed by atoms with Gasteiger partial charge in [-0.1, -0.05) is 35.0 Å². The van der Waals surface area contributed by atoms with Gasteiger partial charge in [0.25, 0.3) is 11.5 Å². The van der Waals surface area contributed by atoms with Gasteiger partial charge >= 0.3 is 0 Å². The minimum atomic E-state index is -0.297. The number of aromatic amines is 1. The van der Waals surface area contributed by atoms with E-state index in [1.54, 1.807) is 16.9 Å². The van der Waals surface area contributed by atoms with Crippen molar-refractivity contribution in [3.8, 4) is 17.2 Å². The second-order valence-corrected chi connectivity index (χ2v) is 8.28. The van der Waals surface area contributed by atoms with Crippen LogP contribution in [0.2, 0.25) is 0 Å². The van der Waals surface area contributed by atoms with E-state index in [1.165, 1.54) is 11.6 Å². The fourth-order valence-electron chi connectivity index (χ4n) is 3.92. The van der Waals surface area contributed by atoms with E-state index >= 15 is 0 Å². The molecule has 11 heteroatoms. The quantitative estimate of drug-likeness (QED) is 0.476. The molecule has 0 radical (unpaired) electrons. The van der Waals surface area contributed by atoms with E-state index in [9.17, 15) is 9.59 Å². The smallest absolute Gasteiger partial charge is 0.264 e. The Bertz CT molecular complexity index is 1340. The number of rotatable bonds is 5. The summed E-state index contributed by atoms with van der Waals surface area (Å²) in [7, 11) is 0. The SMILES string of the molecule is Cc1ccc(-c2noc(CN3CCN(C(=O)c4cnn(-c5ccc(=O)[nH]n5)c4C)CC3)n2)cc1. The number of nitrogens with one attached hydrogen (secondary N) is 1.